The van der Waals surface area contributed by atoms with E-state index >= 15 is 0 Å². The highest BCUT2D eigenvalue weighted by molar-refractivity contribution is 5.40. The Morgan fingerprint density at radius 3 is 2.90 bits per heavy atom. The molecule has 0 spiro atoms. The molecule has 108 valence electrons. The third-order valence-corrected chi connectivity index (χ3v) is 6.71. The first-order chi connectivity index (χ1) is 9.71. The van der Waals surface area contributed by atoms with Gasteiger partial charge in [-0.2, -0.15) is 0 Å². The fraction of sp³-hybridized carbons (Fsp3) is 0.684. The largest absolute Gasteiger partial charge is 0.497 e. The molecular weight excluding hydrogens is 244 g/mol. The first-order valence-electron chi connectivity index (χ1n) is 8.38. The molecule has 4 atom stereocenters. The van der Waals surface area contributed by atoms with Gasteiger partial charge in [0.2, 0.25) is 0 Å². The van der Waals surface area contributed by atoms with E-state index in [1.807, 2.05) is 0 Å². The molecule has 0 N–H and O–H groups in total. The molecule has 4 rings (SSSR count). The molecule has 1 unspecified atom stereocenters. The Kier molecular flexibility index (Phi) is 2.87. The monoisotopic (exact) mass is 270 g/mol. The van der Waals surface area contributed by atoms with Gasteiger partial charge in [0.1, 0.15) is 5.75 Å². The van der Waals surface area contributed by atoms with Crippen LogP contribution in [-0.2, 0) is 6.42 Å². The van der Waals surface area contributed by atoms with Crippen LogP contribution in [0.3, 0.4) is 0 Å². The third kappa shape index (κ3) is 1.75. The summed E-state index contributed by atoms with van der Waals surface area (Å²) < 4.78 is 5.40. The van der Waals surface area contributed by atoms with Gasteiger partial charge >= 0.3 is 0 Å². The van der Waals surface area contributed by atoms with Crippen LogP contribution in [0, 0.1) is 17.3 Å². The van der Waals surface area contributed by atoms with E-state index in [0.717, 1.165) is 23.5 Å². The summed E-state index contributed by atoms with van der Waals surface area (Å²) in [5, 5.41) is 0. The molecule has 0 saturated heterocycles. The highest BCUT2D eigenvalue weighted by Gasteiger charge is 2.50. The van der Waals surface area contributed by atoms with Crippen molar-refractivity contribution in [3.63, 3.8) is 0 Å². The Morgan fingerprint density at radius 1 is 1.15 bits per heavy atom. The van der Waals surface area contributed by atoms with Crippen molar-refractivity contribution in [2.24, 2.45) is 17.3 Å². The van der Waals surface area contributed by atoms with Crippen LogP contribution >= 0.6 is 0 Å². The molecule has 2 saturated carbocycles. The molecule has 0 amide bonds. The van der Waals surface area contributed by atoms with Gasteiger partial charge in [-0.15, -0.1) is 0 Å². The highest BCUT2D eigenvalue weighted by atomic mass is 16.5. The lowest BCUT2D eigenvalue weighted by Crippen LogP contribution is -2.39. The van der Waals surface area contributed by atoms with Gasteiger partial charge in [-0.25, -0.2) is 0 Å². The Hall–Kier alpha value is -0.980. The van der Waals surface area contributed by atoms with Crippen LogP contribution in [0.25, 0.3) is 0 Å². The summed E-state index contributed by atoms with van der Waals surface area (Å²) in [7, 11) is 1.78. The fourth-order valence-corrected chi connectivity index (χ4v) is 5.68. The number of benzene rings is 1. The minimum Gasteiger partial charge on any atom is -0.497 e. The number of hydrogen-bond donors (Lipinski definition) is 0. The smallest absolute Gasteiger partial charge is 0.119 e. The van der Waals surface area contributed by atoms with E-state index in [1.165, 1.54) is 44.9 Å². The average molecular weight is 270 g/mol. The Labute approximate surface area is 122 Å². The lowest BCUT2D eigenvalue weighted by Gasteiger charge is -2.49. The molecule has 1 nitrogen and oxygen atoms in total. The second-order valence-corrected chi connectivity index (χ2v) is 7.57. The minimum absolute atomic E-state index is 0.672. The van der Waals surface area contributed by atoms with Crippen molar-refractivity contribution < 1.29 is 4.74 Å². The van der Waals surface area contributed by atoms with Crippen LogP contribution in [0.4, 0.5) is 0 Å². The van der Waals surface area contributed by atoms with E-state index in [0.29, 0.717) is 5.41 Å². The van der Waals surface area contributed by atoms with Crippen molar-refractivity contribution in [3.05, 3.63) is 29.3 Å². The molecule has 0 bridgehead atoms. The summed E-state index contributed by atoms with van der Waals surface area (Å²) in [6.07, 6.45) is 9.98. The Bertz CT molecular complexity index is 520. The molecule has 0 heterocycles. The van der Waals surface area contributed by atoms with E-state index in [9.17, 15) is 0 Å². The predicted octanol–water partition coefficient (Wildman–Crippen LogP) is 4.94. The van der Waals surface area contributed by atoms with Crippen LogP contribution in [0.15, 0.2) is 18.2 Å². The van der Waals surface area contributed by atoms with Crippen molar-refractivity contribution >= 4 is 0 Å². The quantitative estimate of drug-likeness (QED) is 0.702. The normalized spacial score (nSPS) is 38.8. The zero-order valence-corrected chi connectivity index (χ0v) is 12.8. The molecule has 0 aromatic heterocycles. The Morgan fingerprint density at radius 2 is 2.05 bits per heavy atom. The van der Waals surface area contributed by atoms with Crippen molar-refractivity contribution in [3.8, 4) is 5.75 Å². The van der Waals surface area contributed by atoms with Gasteiger partial charge in [0.15, 0.2) is 0 Å². The summed E-state index contributed by atoms with van der Waals surface area (Å²) in [5.41, 5.74) is 3.88. The molecule has 20 heavy (non-hydrogen) atoms. The van der Waals surface area contributed by atoms with Crippen molar-refractivity contribution in [2.45, 2.75) is 57.8 Å². The molecule has 1 heteroatoms. The van der Waals surface area contributed by atoms with Gasteiger partial charge < -0.3 is 4.74 Å². The first kappa shape index (κ1) is 12.7. The van der Waals surface area contributed by atoms with Gasteiger partial charge in [0.05, 0.1) is 7.11 Å². The topological polar surface area (TPSA) is 9.23 Å². The lowest BCUT2D eigenvalue weighted by molar-refractivity contribution is 0.0598. The molecule has 3 aliphatic rings. The summed E-state index contributed by atoms with van der Waals surface area (Å²) >= 11 is 0. The van der Waals surface area contributed by atoms with E-state index in [1.54, 1.807) is 18.2 Å². The van der Waals surface area contributed by atoms with Gasteiger partial charge in [0.25, 0.3) is 0 Å². The maximum atomic E-state index is 5.40. The van der Waals surface area contributed by atoms with Crippen molar-refractivity contribution in [1.82, 2.24) is 0 Å². The minimum atomic E-state index is 0.672. The Balaban J connectivity index is 1.69. The number of ether oxygens (including phenoxy) is 1. The summed E-state index contributed by atoms with van der Waals surface area (Å²) in [6, 6.07) is 6.82. The highest BCUT2D eigenvalue weighted by Crippen LogP contribution is 2.60. The average Bonchev–Trinajstić information content (AvgIpc) is 2.88. The van der Waals surface area contributed by atoms with Gasteiger partial charge in [-0.1, -0.05) is 19.4 Å². The van der Waals surface area contributed by atoms with E-state index < -0.39 is 0 Å². The SMILES string of the molecule is COc1ccc2c(c1)CC[C@H]1C2CC[C@@]2(C)CCC[C@H]12. The number of methoxy groups -OCH3 is 1. The number of aryl methyl sites for hydroxylation is 1. The first-order valence-corrected chi connectivity index (χ1v) is 8.38. The number of hydrogen-bond acceptors (Lipinski definition) is 1. The van der Waals surface area contributed by atoms with E-state index in [2.05, 4.69) is 25.1 Å². The van der Waals surface area contributed by atoms with Gasteiger partial charge in [-0.05, 0) is 85.0 Å². The van der Waals surface area contributed by atoms with E-state index in [4.69, 9.17) is 4.74 Å². The second-order valence-electron chi connectivity index (χ2n) is 7.57. The maximum Gasteiger partial charge on any atom is 0.119 e. The zero-order chi connectivity index (χ0) is 13.7. The summed E-state index contributed by atoms with van der Waals surface area (Å²) in [6.45, 7) is 2.57. The third-order valence-electron chi connectivity index (χ3n) is 6.71. The van der Waals surface area contributed by atoms with Gasteiger partial charge in [-0.3, -0.25) is 0 Å². The van der Waals surface area contributed by atoms with Crippen LogP contribution < -0.4 is 4.74 Å². The molecular formula is C19H26O. The molecule has 3 aliphatic carbocycles. The second kappa shape index (κ2) is 4.51. The van der Waals surface area contributed by atoms with Crippen LogP contribution in [0.5, 0.6) is 5.75 Å². The van der Waals surface area contributed by atoms with Gasteiger partial charge in [0, 0.05) is 0 Å². The molecule has 0 radical (unpaired) electrons. The zero-order valence-electron chi connectivity index (χ0n) is 12.8. The summed E-state index contributed by atoms with van der Waals surface area (Å²) in [5.74, 6) is 3.82. The van der Waals surface area contributed by atoms with Crippen LogP contribution in [0.1, 0.15) is 62.5 Å². The number of fused-ring (bicyclic) bond motifs is 5. The molecule has 1 aromatic rings. The molecule has 2 fully saturated rings. The standard InChI is InChI=1S/C19H26O/c1-19-10-3-4-18(19)17-7-5-13-12-14(20-2)6-8-15(13)16(17)9-11-19/h6,8,12,16-18H,3-5,7,9-11H2,1-2H3/t16?,17-,18+,19+/m0/s1. The van der Waals surface area contributed by atoms with Crippen LogP contribution in [0.2, 0.25) is 0 Å². The molecule has 0 aliphatic heterocycles. The summed E-state index contributed by atoms with van der Waals surface area (Å²) in [4.78, 5) is 0. The number of rotatable bonds is 1. The molecule has 1 aromatic carbocycles. The predicted molar refractivity (Wildman–Crippen MR) is 82.2 cm³/mol. The maximum absolute atomic E-state index is 5.40. The van der Waals surface area contributed by atoms with Crippen molar-refractivity contribution in [1.29, 1.82) is 0 Å². The fourth-order valence-electron chi connectivity index (χ4n) is 5.68. The van der Waals surface area contributed by atoms with Crippen LogP contribution in [-0.4, -0.2) is 7.11 Å². The lowest BCUT2D eigenvalue weighted by atomic mass is 9.56. The van der Waals surface area contributed by atoms with E-state index in [-0.39, 0.29) is 0 Å². The van der Waals surface area contributed by atoms with Crippen molar-refractivity contribution in [2.75, 3.05) is 7.11 Å².